The summed E-state index contributed by atoms with van der Waals surface area (Å²) in [6.07, 6.45) is 0. The van der Waals surface area contributed by atoms with Gasteiger partial charge in [-0.3, -0.25) is 0 Å². The largest absolute Gasteiger partial charge is 0.392 e. The van der Waals surface area contributed by atoms with Crippen molar-refractivity contribution in [2.75, 3.05) is 0 Å². The van der Waals surface area contributed by atoms with Crippen molar-refractivity contribution in [3.05, 3.63) is 51.9 Å². The first kappa shape index (κ1) is 12.3. The molecule has 0 unspecified atom stereocenters. The molecule has 2 aromatic rings. The van der Waals surface area contributed by atoms with Crippen LogP contribution in [0, 0.1) is 5.95 Å². The van der Waals surface area contributed by atoms with Gasteiger partial charge in [0, 0.05) is 5.56 Å². The highest BCUT2D eigenvalue weighted by Crippen LogP contribution is 2.28. The van der Waals surface area contributed by atoms with Gasteiger partial charge in [-0.15, -0.1) is 0 Å². The number of hydrogen-bond donors (Lipinski definition) is 1. The third-order valence-electron chi connectivity index (χ3n) is 2.25. The lowest BCUT2D eigenvalue weighted by Gasteiger charge is -2.05. The van der Waals surface area contributed by atoms with E-state index in [1.807, 2.05) is 0 Å². The van der Waals surface area contributed by atoms with Crippen molar-refractivity contribution in [1.82, 2.24) is 4.98 Å². The van der Waals surface area contributed by atoms with Crippen molar-refractivity contribution in [3.63, 3.8) is 0 Å². The Balaban J connectivity index is 2.52. The fourth-order valence-corrected chi connectivity index (χ4v) is 1.74. The van der Waals surface area contributed by atoms with Gasteiger partial charge in [0.05, 0.1) is 22.3 Å². The molecule has 17 heavy (non-hydrogen) atoms. The van der Waals surface area contributed by atoms with Crippen LogP contribution in [0.15, 0.2) is 30.3 Å². The number of halogens is 3. The van der Waals surface area contributed by atoms with Crippen LogP contribution in [-0.2, 0) is 6.61 Å². The van der Waals surface area contributed by atoms with Crippen molar-refractivity contribution in [3.8, 4) is 11.3 Å². The van der Waals surface area contributed by atoms with Crippen LogP contribution in [0.2, 0.25) is 10.0 Å². The quantitative estimate of drug-likeness (QED) is 0.846. The molecule has 0 saturated heterocycles. The number of hydrogen-bond acceptors (Lipinski definition) is 2. The summed E-state index contributed by atoms with van der Waals surface area (Å²) in [6.45, 7) is -0.242. The summed E-state index contributed by atoms with van der Waals surface area (Å²) in [5.41, 5.74) is 1.51. The van der Waals surface area contributed by atoms with E-state index in [1.54, 1.807) is 24.3 Å². The lowest BCUT2D eigenvalue weighted by molar-refractivity contribution is 0.281. The van der Waals surface area contributed by atoms with Crippen LogP contribution in [0.4, 0.5) is 4.39 Å². The van der Waals surface area contributed by atoms with Crippen molar-refractivity contribution in [1.29, 1.82) is 0 Å². The van der Waals surface area contributed by atoms with Gasteiger partial charge in [-0.25, -0.2) is 4.98 Å². The van der Waals surface area contributed by atoms with Gasteiger partial charge in [0.2, 0.25) is 5.95 Å². The van der Waals surface area contributed by atoms with Crippen molar-refractivity contribution < 1.29 is 9.50 Å². The Labute approximate surface area is 108 Å². The zero-order chi connectivity index (χ0) is 12.4. The van der Waals surface area contributed by atoms with Gasteiger partial charge in [-0.2, -0.15) is 4.39 Å². The maximum absolute atomic E-state index is 13.2. The number of aromatic nitrogens is 1. The zero-order valence-corrected chi connectivity index (χ0v) is 10.1. The minimum Gasteiger partial charge on any atom is -0.392 e. The molecular formula is C12H8Cl2FNO. The minimum atomic E-state index is -0.641. The predicted molar refractivity (Wildman–Crippen MR) is 65.6 cm³/mol. The second-order valence-electron chi connectivity index (χ2n) is 3.47. The second kappa shape index (κ2) is 5.00. The molecule has 1 aromatic heterocycles. The van der Waals surface area contributed by atoms with Gasteiger partial charge < -0.3 is 5.11 Å². The van der Waals surface area contributed by atoms with Crippen molar-refractivity contribution in [2.24, 2.45) is 0 Å². The average molecular weight is 272 g/mol. The van der Waals surface area contributed by atoms with Crippen molar-refractivity contribution >= 4 is 23.2 Å². The smallest absolute Gasteiger partial charge is 0.213 e. The van der Waals surface area contributed by atoms with E-state index in [9.17, 15) is 4.39 Å². The molecule has 5 heteroatoms. The fourth-order valence-electron chi connectivity index (χ4n) is 1.44. The molecule has 0 radical (unpaired) electrons. The van der Waals surface area contributed by atoms with E-state index >= 15 is 0 Å². The Morgan fingerprint density at radius 3 is 2.53 bits per heavy atom. The highest BCUT2D eigenvalue weighted by atomic mass is 35.5. The Kier molecular flexibility index (Phi) is 3.62. The maximum atomic E-state index is 13.2. The highest BCUT2D eigenvalue weighted by molar-refractivity contribution is 6.42. The number of aliphatic hydroxyl groups excluding tert-OH is 1. The van der Waals surface area contributed by atoms with E-state index < -0.39 is 5.95 Å². The van der Waals surface area contributed by atoms with Crippen LogP contribution < -0.4 is 0 Å². The van der Waals surface area contributed by atoms with E-state index in [-0.39, 0.29) is 6.61 Å². The van der Waals surface area contributed by atoms with Gasteiger partial charge in [0.25, 0.3) is 0 Å². The molecule has 0 saturated carbocycles. The monoisotopic (exact) mass is 271 g/mol. The molecule has 0 aliphatic carbocycles. The van der Waals surface area contributed by atoms with Crippen LogP contribution in [0.25, 0.3) is 11.3 Å². The Morgan fingerprint density at radius 1 is 1.12 bits per heavy atom. The summed E-state index contributed by atoms with van der Waals surface area (Å²) in [6, 6.07) is 7.69. The first-order valence-electron chi connectivity index (χ1n) is 4.83. The Hall–Kier alpha value is -1.16. The minimum absolute atomic E-state index is 0.242. The third-order valence-corrected chi connectivity index (χ3v) is 2.99. The molecule has 1 N–H and O–H groups in total. The predicted octanol–water partition coefficient (Wildman–Crippen LogP) is 3.69. The second-order valence-corrected chi connectivity index (χ2v) is 4.28. The van der Waals surface area contributed by atoms with E-state index in [2.05, 4.69) is 4.98 Å². The molecule has 2 rings (SSSR count). The lowest BCUT2D eigenvalue weighted by atomic mass is 10.1. The molecule has 0 aliphatic rings. The summed E-state index contributed by atoms with van der Waals surface area (Å²) in [4.78, 5) is 3.74. The van der Waals surface area contributed by atoms with Gasteiger partial charge >= 0.3 is 0 Å². The first-order chi connectivity index (χ1) is 8.10. The Morgan fingerprint density at radius 2 is 1.88 bits per heavy atom. The molecule has 2 nitrogen and oxygen atoms in total. The highest BCUT2D eigenvalue weighted by Gasteiger charge is 2.06. The number of nitrogens with zero attached hydrogens (tertiary/aromatic N) is 1. The van der Waals surface area contributed by atoms with Crippen LogP contribution in [0.3, 0.4) is 0 Å². The lowest BCUT2D eigenvalue weighted by Crippen LogP contribution is -1.93. The summed E-state index contributed by atoms with van der Waals surface area (Å²) in [5, 5.41) is 9.79. The average Bonchev–Trinajstić information content (AvgIpc) is 2.32. The topological polar surface area (TPSA) is 33.1 Å². The number of rotatable bonds is 2. The standard InChI is InChI=1S/C12H8Cl2FNO/c13-9-2-1-8(5-10(9)14)11-3-7(6-17)4-12(15)16-11/h1-5,17H,6H2. The number of aliphatic hydroxyl groups is 1. The zero-order valence-electron chi connectivity index (χ0n) is 8.62. The number of benzene rings is 1. The van der Waals surface area contributed by atoms with E-state index in [0.29, 0.717) is 26.9 Å². The van der Waals surface area contributed by atoms with E-state index in [0.717, 1.165) is 0 Å². The van der Waals surface area contributed by atoms with Crippen LogP contribution in [0.1, 0.15) is 5.56 Å². The molecule has 0 fully saturated rings. The Bertz CT molecular complexity index is 560. The molecule has 1 aromatic carbocycles. The van der Waals surface area contributed by atoms with Gasteiger partial charge in [-0.1, -0.05) is 29.3 Å². The molecule has 0 bridgehead atoms. The molecule has 88 valence electrons. The van der Waals surface area contributed by atoms with Crippen LogP contribution >= 0.6 is 23.2 Å². The summed E-state index contributed by atoms with van der Waals surface area (Å²) in [7, 11) is 0. The summed E-state index contributed by atoms with van der Waals surface area (Å²) < 4.78 is 13.2. The molecule has 0 amide bonds. The first-order valence-corrected chi connectivity index (χ1v) is 5.58. The third kappa shape index (κ3) is 2.75. The molecular weight excluding hydrogens is 264 g/mol. The number of pyridine rings is 1. The molecule has 0 atom stereocenters. The SMILES string of the molecule is OCc1cc(F)nc(-c2ccc(Cl)c(Cl)c2)c1. The fraction of sp³-hybridized carbons (Fsp3) is 0.0833. The summed E-state index contributed by atoms with van der Waals surface area (Å²) in [5.74, 6) is -0.641. The van der Waals surface area contributed by atoms with Gasteiger partial charge in [-0.05, 0) is 29.8 Å². The molecule has 0 spiro atoms. The summed E-state index contributed by atoms with van der Waals surface area (Å²) >= 11 is 11.7. The maximum Gasteiger partial charge on any atom is 0.213 e. The van der Waals surface area contributed by atoms with Gasteiger partial charge in [0.1, 0.15) is 0 Å². The van der Waals surface area contributed by atoms with E-state index in [1.165, 1.54) is 6.07 Å². The van der Waals surface area contributed by atoms with E-state index in [4.69, 9.17) is 28.3 Å². The molecule has 0 aliphatic heterocycles. The van der Waals surface area contributed by atoms with Crippen LogP contribution in [-0.4, -0.2) is 10.1 Å². The van der Waals surface area contributed by atoms with Crippen LogP contribution in [0.5, 0.6) is 0 Å². The van der Waals surface area contributed by atoms with Gasteiger partial charge in [0.15, 0.2) is 0 Å². The normalized spacial score (nSPS) is 10.6. The molecule has 1 heterocycles. The van der Waals surface area contributed by atoms with Crippen molar-refractivity contribution in [2.45, 2.75) is 6.61 Å².